The average Bonchev–Trinajstić information content (AvgIpc) is 3.56. The van der Waals surface area contributed by atoms with Gasteiger partial charge in [-0.2, -0.15) is 0 Å². The summed E-state index contributed by atoms with van der Waals surface area (Å²) in [6, 6.07) is 70.1. The summed E-state index contributed by atoms with van der Waals surface area (Å²) in [4.78, 5) is 0. The first kappa shape index (κ1) is 40.0. The van der Waals surface area contributed by atoms with Crippen molar-refractivity contribution < 1.29 is 0 Å². The van der Waals surface area contributed by atoms with Crippen molar-refractivity contribution in [2.45, 2.75) is 71.6 Å². The summed E-state index contributed by atoms with van der Waals surface area (Å²) in [5, 5.41) is 16.0. The Labute approximate surface area is 394 Å². The van der Waals surface area contributed by atoms with Gasteiger partial charge >= 0.3 is 0 Å². The maximum Gasteiger partial charge on any atom is 0.0159 e. The SMILES string of the molecule is CC(C)(C)c1cc2ccc3ccc(-c4ccc(-c5ccc6c(c5)C(C)(C)c5cc(-c7ccc(-c8ccc9ccc%10cc(C(C)(C)C)cc%11ccc8c9c%10%11)cc7)ccc5-6)cc4)c4ccc(c1)c2c34. The summed E-state index contributed by atoms with van der Waals surface area (Å²) in [5.74, 6) is 0. The predicted molar refractivity (Wildman–Crippen MR) is 291 cm³/mol. The van der Waals surface area contributed by atoms with Crippen molar-refractivity contribution in [1.82, 2.24) is 0 Å². The maximum absolute atomic E-state index is 2.45. The minimum absolute atomic E-state index is 0.0986. The van der Waals surface area contributed by atoms with Crippen LogP contribution in [0.2, 0.25) is 0 Å². The van der Waals surface area contributed by atoms with E-state index in [2.05, 4.69) is 237 Å². The molecule has 0 aromatic heterocycles. The Hall–Kier alpha value is -7.28. The van der Waals surface area contributed by atoms with Crippen molar-refractivity contribution >= 4 is 64.6 Å². The molecular weight excluding hydrogens is 805 g/mol. The fraction of sp³-hybridized carbons (Fsp3) is 0.164. The first-order chi connectivity index (χ1) is 32.2. The zero-order chi connectivity index (χ0) is 45.7. The van der Waals surface area contributed by atoms with Crippen molar-refractivity contribution in [2.75, 3.05) is 0 Å². The molecule has 1 aliphatic rings. The van der Waals surface area contributed by atoms with E-state index in [1.807, 2.05) is 0 Å². The molecule has 0 aliphatic heterocycles. The lowest BCUT2D eigenvalue weighted by molar-refractivity contribution is 0.591. The molecule has 0 N–H and O–H groups in total. The summed E-state index contributed by atoms with van der Waals surface area (Å²) >= 11 is 0. The second kappa shape index (κ2) is 13.9. The molecule has 0 saturated carbocycles. The van der Waals surface area contributed by atoms with Gasteiger partial charge in [-0.25, -0.2) is 0 Å². The van der Waals surface area contributed by atoms with Gasteiger partial charge in [0.05, 0.1) is 0 Å². The molecule has 67 heavy (non-hydrogen) atoms. The van der Waals surface area contributed by atoms with E-state index in [-0.39, 0.29) is 16.2 Å². The molecule has 0 atom stereocenters. The number of benzene rings is 12. The lowest BCUT2D eigenvalue weighted by Gasteiger charge is -2.23. The molecule has 13 rings (SSSR count). The fourth-order valence-corrected chi connectivity index (χ4v) is 11.8. The molecule has 0 radical (unpaired) electrons. The highest BCUT2D eigenvalue weighted by atomic mass is 14.4. The van der Waals surface area contributed by atoms with Crippen LogP contribution in [0.5, 0.6) is 0 Å². The molecule has 0 unspecified atom stereocenters. The number of hydrogen-bond donors (Lipinski definition) is 0. The zero-order valence-electron chi connectivity index (χ0n) is 39.8. The Bertz CT molecular complexity index is 3670. The van der Waals surface area contributed by atoms with Crippen molar-refractivity contribution in [3.05, 3.63) is 204 Å². The van der Waals surface area contributed by atoms with Gasteiger partial charge < -0.3 is 0 Å². The van der Waals surface area contributed by atoms with Crippen LogP contribution in [-0.2, 0) is 16.2 Å². The van der Waals surface area contributed by atoms with Crippen LogP contribution >= 0.6 is 0 Å². The first-order valence-electron chi connectivity index (χ1n) is 24.1. The number of hydrogen-bond acceptors (Lipinski definition) is 0. The van der Waals surface area contributed by atoms with Gasteiger partial charge in [-0.15, -0.1) is 0 Å². The van der Waals surface area contributed by atoms with E-state index >= 15 is 0 Å². The molecule has 0 nitrogen and oxygen atoms in total. The summed E-state index contributed by atoms with van der Waals surface area (Å²) in [6.07, 6.45) is 0. The fourth-order valence-electron chi connectivity index (χ4n) is 11.8. The van der Waals surface area contributed by atoms with Crippen LogP contribution < -0.4 is 0 Å². The largest absolute Gasteiger partial charge is 0.0561 e. The molecule has 12 aromatic rings. The molecule has 0 saturated heterocycles. The molecule has 1 aliphatic carbocycles. The minimum Gasteiger partial charge on any atom is -0.0561 e. The second-order valence-corrected chi connectivity index (χ2v) is 22.2. The van der Waals surface area contributed by atoms with Crippen molar-refractivity contribution in [1.29, 1.82) is 0 Å². The van der Waals surface area contributed by atoms with Gasteiger partial charge in [-0.05, 0) is 165 Å². The smallest absolute Gasteiger partial charge is 0.0159 e. The van der Waals surface area contributed by atoms with E-state index in [9.17, 15) is 0 Å². The molecule has 322 valence electrons. The van der Waals surface area contributed by atoms with Crippen LogP contribution in [0.4, 0.5) is 0 Å². The van der Waals surface area contributed by atoms with Crippen molar-refractivity contribution in [3.63, 3.8) is 0 Å². The van der Waals surface area contributed by atoms with Crippen LogP contribution in [0.3, 0.4) is 0 Å². The van der Waals surface area contributed by atoms with Gasteiger partial charge in [0, 0.05) is 5.41 Å². The quantitative estimate of drug-likeness (QED) is 0.155. The monoisotopic (exact) mass is 858 g/mol. The Morgan fingerprint density at radius 3 is 0.940 bits per heavy atom. The minimum atomic E-state index is -0.138. The van der Waals surface area contributed by atoms with E-state index in [1.165, 1.54) is 143 Å². The predicted octanol–water partition coefficient (Wildman–Crippen LogP) is 19.1. The van der Waals surface area contributed by atoms with E-state index in [1.54, 1.807) is 0 Å². The van der Waals surface area contributed by atoms with Crippen molar-refractivity contribution in [2.24, 2.45) is 0 Å². The normalized spacial score (nSPS) is 13.8. The lowest BCUT2D eigenvalue weighted by atomic mass is 9.80. The third-order valence-corrected chi connectivity index (χ3v) is 15.7. The van der Waals surface area contributed by atoms with Crippen LogP contribution in [0.15, 0.2) is 182 Å². The molecule has 0 heteroatoms. The number of rotatable bonds is 4. The maximum atomic E-state index is 2.45. The number of fused-ring (bicyclic) bond motifs is 3. The van der Waals surface area contributed by atoms with Gasteiger partial charge in [-0.1, -0.05) is 225 Å². The summed E-state index contributed by atoms with van der Waals surface area (Å²) in [6.45, 7) is 18.6. The third kappa shape index (κ3) is 6.05. The third-order valence-electron chi connectivity index (χ3n) is 15.7. The highest BCUT2D eigenvalue weighted by Gasteiger charge is 2.36. The van der Waals surface area contributed by atoms with Gasteiger partial charge in [0.25, 0.3) is 0 Å². The average molecular weight is 859 g/mol. The molecule has 0 fully saturated rings. The van der Waals surface area contributed by atoms with Crippen LogP contribution in [0.1, 0.15) is 77.6 Å². The standard InChI is InChI=1S/C67H54/c1-65(2,3)51-33-47-19-17-43-21-27-53(57-31-25-49(35-51)61(47)63(43)57)41-13-9-39(10-14-41)45-23-29-55-56-30-24-46(38-60(56)67(7,8)59(55)37-45)40-11-15-42(16-12-40)54-28-22-44-18-20-48-34-52(66(4,5)6)36-50-26-32-58(54)64(44)62(48)50/h9-38H,1-8H3. The van der Waals surface area contributed by atoms with Gasteiger partial charge in [0.15, 0.2) is 0 Å². The highest BCUT2D eigenvalue weighted by molar-refractivity contribution is 6.27. The Kier molecular flexibility index (Phi) is 8.29. The first-order valence-corrected chi connectivity index (χ1v) is 24.1. The molecule has 0 spiro atoms. The molecular formula is C67H54. The van der Waals surface area contributed by atoms with Gasteiger partial charge in [0.2, 0.25) is 0 Å². The summed E-state index contributed by atoms with van der Waals surface area (Å²) in [5.41, 5.74) is 18.3. The summed E-state index contributed by atoms with van der Waals surface area (Å²) < 4.78 is 0. The van der Waals surface area contributed by atoms with Crippen LogP contribution in [0, 0.1) is 0 Å². The lowest BCUT2D eigenvalue weighted by Crippen LogP contribution is -2.15. The Balaban J connectivity index is 0.796. The summed E-state index contributed by atoms with van der Waals surface area (Å²) in [7, 11) is 0. The topological polar surface area (TPSA) is 0 Å². The van der Waals surface area contributed by atoms with E-state index < -0.39 is 0 Å². The molecule has 0 heterocycles. The van der Waals surface area contributed by atoms with Crippen molar-refractivity contribution in [3.8, 4) is 55.6 Å². The molecule has 12 aromatic carbocycles. The van der Waals surface area contributed by atoms with E-state index in [0.717, 1.165) is 0 Å². The highest BCUT2D eigenvalue weighted by Crippen LogP contribution is 2.51. The van der Waals surface area contributed by atoms with E-state index in [4.69, 9.17) is 0 Å². The van der Waals surface area contributed by atoms with Crippen LogP contribution in [0.25, 0.3) is 120 Å². The van der Waals surface area contributed by atoms with E-state index in [0.29, 0.717) is 0 Å². The van der Waals surface area contributed by atoms with Gasteiger partial charge in [-0.3, -0.25) is 0 Å². The molecule has 0 bridgehead atoms. The van der Waals surface area contributed by atoms with Gasteiger partial charge in [0.1, 0.15) is 0 Å². The molecule has 0 amide bonds. The Morgan fingerprint density at radius 1 is 0.269 bits per heavy atom. The zero-order valence-corrected chi connectivity index (χ0v) is 39.8. The Morgan fingerprint density at radius 2 is 0.567 bits per heavy atom. The van der Waals surface area contributed by atoms with Crippen LogP contribution in [-0.4, -0.2) is 0 Å². The second-order valence-electron chi connectivity index (χ2n) is 22.2.